The molecule has 0 atom stereocenters. The molecule has 0 aliphatic heterocycles. The van der Waals surface area contributed by atoms with E-state index >= 15 is 0 Å². The molecule has 0 radical (unpaired) electrons. The van der Waals surface area contributed by atoms with Gasteiger partial charge in [-0.25, -0.2) is 0 Å². The average Bonchev–Trinajstić information content (AvgIpc) is 2.53. The molecule has 0 spiro atoms. The van der Waals surface area contributed by atoms with Crippen LogP contribution in [-0.4, -0.2) is 0 Å². The zero-order valence-corrected chi connectivity index (χ0v) is 12.2. The van der Waals surface area contributed by atoms with E-state index in [0.717, 1.165) is 6.42 Å². The molecule has 0 unspecified atom stereocenters. The summed E-state index contributed by atoms with van der Waals surface area (Å²) in [6.45, 7) is 0. The second kappa shape index (κ2) is 3.73. The van der Waals surface area contributed by atoms with Gasteiger partial charge in [0.2, 0.25) is 0 Å². The van der Waals surface area contributed by atoms with E-state index in [0.29, 0.717) is 0 Å². The summed E-state index contributed by atoms with van der Waals surface area (Å²) < 4.78 is 2.66. The highest BCUT2D eigenvalue weighted by atomic mass is 127. The van der Waals surface area contributed by atoms with Gasteiger partial charge in [0.15, 0.2) is 0 Å². The first-order chi connectivity index (χ1) is 7.24. The lowest BCUT2D eigenvalue weighted by Gasteiger charge is -2.01. The first-order valence-corrected chi connectivity index (χ1v) is 6.97. The van der Waals surface area contributed by atoms with E-state index in [4.69, 9.17) is 0 Å². The van der Waals surface area contributed by atoms with Crippen LogP contribution in [0.25, 0.3) is 11.1 Å². The predicted octanol–water partition coefficient (Wildman–Crippen LogP) is 4.47. The van der Waals surface area contributed by atoms with Crippen LogP contribution in [0.4, 0.5) is 0 Å². The predicted molar refractivity (Wildman–Crippen MR) is 80.1 cm³/mol. The smallest absolute Gasteiger partial charge is 0.0133 e. The Bertz CT molecular complexity index is 495. The van der Waals surface area contributed by atoms with Crippen LogP contribution in [0, 0.1) is 7.14 Å². The van der Waals surface area contributed by atoms with Crippen molar-refractivity contribution in [3.05, 3.63) is 54.7 Å². The lowest BCUT2D eigenvalue weighted by Crippen LogP contribution is -1.81. The number of benzene rings is 2. The third kappa shape index (κ3) is 1.71. The van der Waals surface area contributed by atoms with Crippen molar-refractivity contribution in [2.45, 2.75) is 6.42 Å². The maximum absolute atomic E-state index is 2.38. The van der Waals surface area contributed by atoms with Gasteiger partial charge in [0, 0.05) is 7.14 Å². The molecule has 2 aromatic carbocycles. The molecule has 1 aliphatic carbocycles. The number of rotatable bonds is 0. The second-order valence-corrected chi connectivity index (χ2v) is 6.27. The van der Waals surface area contributed by atoms with Crippen LogP contribution >= 0.6 is 45.2 Å². The molecule has 0 nitrogen and oxygen atoms in total. The Labute approximate surface area is 116 Å². The molecule has 3 rings (SSSR count). The molecule has 15 heavy (non-hydrogen) atoms. The van der Waals surface area contributed by atoms with Crippen LogP contribution < -0.4 is 0 Å². The highest BCUT2D eigenvalue weighted by Crippen LogP contribution is 2.37. The quantitative estimate of drug-likeness (QED) is 0.473. The highest BCUT2D eigenvalue weighted by molar-refractivity contribution is 14.1. The number of halogens is 2. The largest absolute Gasteiger partial charge is 0.0530 e. The molecule has 0 amide bonds. The lowest BCUT2D eigenvalue weighted by atomic mass is 10.1. The molecular formula is C13H8I2. The third-order valence-electron chi connectivity index (χ3n) is 2.81. The van der Waals surface area contributed by atoms with Crippen molar-refractivity contribution in [2.75, 3.05) is 0 Å². The molecule has 0 saturated heterocycles. The Kier molecular flexibility index (Phi) is 2.51. The van der Waals surface area contributed by atoms with E-state index in [2.05, 4.69) is 81.6 Å². The Morgan fingerprint density at radius 2 is 1.20 bits per heavy atom. The van der Waals surface area contributed by atoms with E-state index in [1.54, 1.807) is 0 Å². The zero-order valence-electron chi connectivity index (χ0n) is 7.93. The van der Waals surface area contributed by atoms with Crippen LogP contribution in [0.1, 0.15) is 11.1 Å². The molecule has 0 aromatic heterocycles. The van der Waals surface area contributed by atoms with Gasteiger partial charge < -0.3 is 0 Å². The van der Waals surface area contributed by atoms with Crippen molar-refractivity contribution in [1.82, 2.24) is 0 Å². The molecule has 74 valence electrons. The fourth-order valence-electron chi connectivity index (χ4n) is 2.15. The van der Waals surface area contributed by atoms with Gasteiger partial charge in [-0.05, 0) is 98.1 Å². The van der Waals surface area contributed by atoms with E-state index < -0.39 is 0 Å². The second-order valence-electron chi connectivity index (χ2n) is 3.78. The van der Waals surface area contributed by atoms with Crippen molar-refractivity contribution in [1.29, 1.82) is 0 Å². The summed E-state index contributed by atoms with van der Waals surface area (Å²) in [7, 11) is 0. The number of fused-ring (bicyclic) bond motifs is 3. The van der Waals surface area contributed by atoms with Crippen molar-refractivity contribution in [3.8, 4) is 11.1 Å². The molecule has 2 aromatic rings. The van der Waals surface area contributed by atoms with Gasteiger partial charge >= 0.3 is 0 Å². The zero-order chi connectivity index (χ0) is 10.4. The van der Waals surface area contributed by atoms with E-state index in [1.165, 1.54) is 29.4 Å². The Morgan fingerprint density at radius 1 is 0.733 bits per heavy atom. The van der Waals surface area contributed by atoms with E-state index in [-0.39, 0.29) is 0 Å². The normalized spacial score (nSPS) is 12.4. The molecule has 0 N–H and O–H groups in total. The fourth-order valence-corrected chi connectivity index (χ4v) is 3.26. The molecule has 0 heterocycles. The topological polar surface area (TPSA) is 0 Å². The minimum absolute atomic E-state index is 1.10. The van der Waals surface area contributed by atoms with Crippen molar-refractivity contribution in [3.63, 3.8) is 0 Å². The highest BCUT2D eigenvalue weighted by Gasteiger charge is 2.17. The minimum Gasteiger partial charge on any atom is -0.0530 e. The third-order valence-corrected chi connectivity index (χ3v) is 4.15. The van der Waals surface area contributed by atoms with Gasteiger partial charge in [-0.2, -0.15) is 0 Å². The lowest BCUT2D eigenvalue weighted by molar-refractivity contribution is 1.25. The molecule has 0 fully saturated rings. The summed E-state index contributed by atoms with van der Waals surface area (Å²) in [5.74, 6) is 0. The summed E-state index contributed by atoms with van der Waals surface area (Å²) in [4.78, 5) is 0. The SMILES string of the molecule is Ic1ccc2c(c1)Cc1cc(I)ccc1-2. The monoisotopic (exact) mass is 418 g/mol. The summed E-state index contributed by atoms with van der Waals surface area (Å²) in [5.41, 5.74) is 5.78. The average molecular weight is 418 g/mol. The van der Waals surface area contributed by atoms with Gasteiger partial charge in [0.25, 0.3) is 0 Å². The van der Waals surface area contributed by atoms with E-state index in [1.807, 2.05) is 0 Å². The van der Waals surface area contributed by atoms with Gasteiger partial charge in [-0.3, -0.25) is 0 Å². The molecular weight excluding hydrogens is 410 g/mol. The Balaban J connectivity index is 2.24. The maximum Gasteiger partial charge on any atom is 0.0133 e. The van der Waals surface area contributed by atoms with Gasteiger partial charge in [0.05, 0.1) is 0 Å². The van der Waals surface area contributed by atoms with Crippen LogP contribution in [0.15, 0.2) is 36.4 Å². The van der Waals surface area contributed by atoms with Gasteiger partial charge in [-0.15, -0.1) is 0 Å². The van der Waals surface area contributed by atoms with Crippen LogP contribution in [-0.2, 0) is 6.42 Å². The number of hydrogen-bond acceptors (Lipinski definition) is 0. The van der Waals surface area contributed by atoms with E-state index in [9.17, 15) is 0 Å². The first kappa shape index (κ1) is 10.1. The molecule has 0 saturated carbocycles. The standard InChI is InChI=1S/C13H8I2/c14-10-1-3-12-8(6-10)5-9-7-11(15)2-4-13(9)12/h1-4,6-7H,5H2. The summed E-state index contributed by atoms with van der Waals surface area (Å²) in [6, 6.07) is 13.5. The summed E-state index contributed by atoms with van der Waals surface area (Å²) >= 11 is 4.76. The molecule has 0 bridgehead atoms. The summed E-state index contributed by atoms with van der Waals surface area (Å²) in [6.07, 6.45) is 1.10. The van der Waals surface area contributed by atoms with Gasteiger partial charge in [0.1, 0.15) is 0 Å². The van der Waals surface area contributed by atoms with Crippen molar-refractivity contribution < 1.29 is 0 Å². The minimum atomic E-state index is 1.10. The van der Waals surface area contributed by atoms with Gasteiger partial charge in [-0.1, -0.05) is 12.1 Å². The maximum atomic E-state index is 2.38. The Hall–Kier alpha value is -0.100. The fraction of sp³-hybridized carbons (Fsp3) is 0.0769. The Morgan fingerprint density at radius 3 is 1.67 bits per heavy atom. The number of hydrogen-bond donors (Lipinski definition) is 0. The van der Waals surface area contributed by atoms with Crippen LogP contribution in [0.5, 0.6) is 0 Å². The van der Waals surface area contributed by atoms with Crippen LogP contribution in [0.2, 0.25) is 0 Å². The van der Waals surface area contributed by atoms with Crippen molar-refractivity contribution >= 4 is 45.2 Å². The van der Waals surface area contributed by atoms with Crippen molar-refractivity contribution in [2.24, 2.45) is 0 Å². The molecule has 1 aliphatic rings. The molecule has 2 heteroatoms. The first-order valence-electron chi connectivity index (χ1n) is 4.81. The summed E-state index contributed by atoms with van der Waals surface area (Å²) in [5, 5.41) is 0. The van der Waals surface area contributed by atoms with Crippen LogP contribution in [0.3, 0.4) is 0 Å².